The Morgan fingerprint density at radius 1 is 1.45 bits per heavy atom. The fourth-order valence-electron chi connectivity index (χ4n) is 1.59. The van der Waals surface area contributed by atoms with Gasteiger partial charge in [0.15, 0.2) is 5.82 Å². The summed E-state index contributed by atoms with van der Waals surface area (Å²) < 4.78 is 15.2. The molecule has 0 aliphatic heterocycles. The second-order valence-electron chi connectivity index (χ2n) is 3.95. The lowest BCUT2D eigenvalue weighted by Crippen LogP contribution is -2.13. The van der Waals surface area contributed by atoms with Crippen molar-refractivity contribution in [3.63, 3.8) is 0 Å². The molecule has 8 heteroatoms. The first kappa shape index (κ1) is 16.1. The van der Waals surface area contributed by atoms with E-state index >= 15 is 0 Å². The molecule has 20 heavy (non-hydrogen) atoms. The van der Waals surface area contributed by atoms with Gasteiger partial charge in [-0.05, 0) is 31.2 Å². The van der Waals surface area contributed by atoms with Crippen molar-refractivity contribution in [2.45, 2.75) is 12.8 Å². The van der Waals surface area contributed by atoms with Crippen LogP contribution in [-0.4, -0.2) is 27.2 Å². The number of carbonyl (C=O) groups excluding carboxylic acids is 1. The van der Waals surface area contributed by atoms with E-state index < -0.39 is 5.82 Å². The molecule has 1 heterocycles. The Hall–Kier alpha value is -1.99. The van der Waals surface area contributed by atoms with Gasteiger partial charge in [-0.3, -0.25) is 4.79 Å². The van der Waals surface area contributed by atoms with Crippen LogP contribution in [0.15, 0.2) is 30.9 Å². The highest BCUT2D eigenvalue weighted by molar-refractivity contribution is 5.90. The van der Waals surface area contributed by atoms with E-state index in [1.54, 1.807) is 6.07 Å². The molecule has 0 atom stereocenters. The topological polar surface area (TPSA) is 85.8 Å². The summed E-state index contributed by atoms with van der Waals surface area (Å²) in [4.78, 5) is 15.2. The lowest BCUT2D eigenvalue weighted by atomic mass is 10.2. The summed E-state index contributed by atoms with van der Waals surface area (Å²) in [5.41, 5.74) is 5.99. The maximum atomic E-state index is 13.9. The number of amides is 1. The van der Waals surface area contributed by atoms with E-state index in [-0.39, 0.29) is 24.0 Å². The number of hydrogen-bond acceptors (Lipinski definition) is 4. The minimum Gasteiger partial charge on any atom is -0.330 e. The Labute approximate surface area is 121 Å². The molecule has 1 aromatic heterocycles. The molecule has 2 aromatic rings. The summed E-state index contributed by atoms with van der Waals surface area (Å²) in [6.45, 7) is 0.451. The second-order valence-corrected chi connectivity index (χ2v) is 3.95. The van der Waals surface area contributed by atoms with E-state index in [0.29, 0.717) is 25.1 Å². The quantitative estimate of drug-likeness (QED) is 0.876. The monoisotopic (exact) mass is 299 g/mol. The Morgan fingerprint density at radius 3 is 2.85 bits per heavy atom. The normalized spacial score (nSPS) is 9.90. The number of carbonyl (C=O) groups is 1. The van der Waals surface area contributed by atoms with E-state index in [9.17, 15) is 9.18 Å². The first-order chi connectivity index (χ1) is 9.20. The average molecular weight is 300 g/mol. The number of nitrogens with zero attached hydrogens (tertiary/aromatic N) is 3. The SMILES string of the molecule is Cl.NCCCC(=O)Nc1ccc(-n2cncn2)c(F)c1. The van der Waals surface area contributed by atoms with Crippen molar-refractivity contribution in [2.75, 3.05) is 11.9 Å². The lowest BCUT2D eigenvalue weighted by molar-refractivity contribution is -0.116. The molecule has 0 spiro atoms. The predicted molar refractivity (Wildman–Crippen MR) is 75.5 cm³/mol. The van der Waals surface area contributed by atoms with Crippen LogP contribution in [0.1, 0.15) is 12.8 Å². The molecule has 0 unspecified atom stereocenters. The first-order valence-corrected chi connectivity index (χ1v) is 5.85. The maximum Gasteiger partial charge on any atom is 0.224 e. The van der Waals surface area contributed by atoms with Gasteiger partial charge in [0.05, 0.1) is 0 Å². The van der Waals surface area contributed by atoms with Gasteiger partial charge >= 0.3 is 0 Å². The smallest absolute Gasteiger partial charge is 0.224 e. The Balaban J connectivity index is 0.00000200. The van der Waals surface area contributed by atoms with Gasteiger partial charge in [-0.15, -0.1) is 12.4 Å². The van der Waals surface area contributed by atoms with Gasteiger partial charge in [0.25, 0.3) is 0 Å². The summed E-state index contributed by atoms with van der Waals surface area (Å²) in [5, 5.41) is 6.45. The summed E-state index contributed by atoms with van der Waals surface area (Å²) in [5.74, 6) is -0.666. The third-order valence-electron chi connectivity index (χ3n) is 2.50. The van der Waals surface area contributed by atoms with Crippen molar-refractivity contribution in [2.24, 2.45) is 5.73 Å². The number of anilines is 1. The Bertz CT molecular complexity index is 561. The number of rotatable bonds is 5. The number of nitrogens with one attached hydrogen (secondary N) is 1. The summed E-state index contributed by atoms with van der Waals surface area (Å²) in [6, 6.07) is 4.39. The minimum atomic E-state index is -0.484. The van der Waals surface area contributed by atoms with Gasteiger partial charge in [-0.1, -0.05) is 0 Å². The van der Waals surface area contributed by atoms with Gasteiger partial charge in [-0.25, -0.2) is 14.1 Å². The zero-order valence-electron chi connectivity index (χ0n) is 10.6. The maximum absolute atomic E-state index is 13.9. The third kappa shape index (κ3) is 4.01. The van der Waals surface area contributed by atoms with E-state index in [2.05, 4.69) is 15.4 Å². The molecule has 0 saturated carbocycles. The van der Waals surface area contributed by atoms with Crippen LogP contribution in [-0.2, 0) is 4.79 Å². The zero-order chi connectivity index (χ0) is 13.7. The van der Waals surface area contributed by atoms with Crippen molar-refractivity contribution in [1.82, 2.24) is 14.8 Å². The van der Waals surface area contributed by atoms with Crippen molar-refractivity contribution in [1.29, 1.82) is 0 Å². The number of nitrogens with two attached hydrogens (primary N) is 1. The summed E-state index contributed by atoms with van der Waals surface area (Å²) >= 11 is 0. The van der Waals surface area contributed by atoms with Gasteiger partial charge in [0.1, 0.15) is 18.3 Å². The number of halogens is 2. The summed E-state index contributed by atoms with van der Waals surface area (Å²) in [7, 11) is 0. The molecular weight excluding hydrogens is 285 g/mol. The summed E-state index contributed by atoms with van der Waals surface area (Å²) in [6.07, 6.45) is 3.65. The van der Waals surface area contributed by atoms with Crippen LogP contribution >= 0.6 is 12.4 Å². The second kappa shape index (κ2) is 7.56. The van der Waals surface area contributed by atoms with E-state index in [0.717, 1.165) is 0 Å². The minimum absolute atomic E-state index is 0. The third-order valence-corrected chi connectivity index (χ3v) is 2.50. The van der Waals surface area contributed by atoms with Crippen molar-refractivity contribution >= 4 is 24.0 Å². The van der Waals surface area contributed by atoms with Crippen LogP contribution in [0, 0.1) is 5.82 Å². The molecule has 2 rings (SSSR count). The van der Waals surface area contributed by atoms with E-state index in [4.69, 9.17) is 5.73 Å². The molecule has 0 saturated heterocycles. The van der Waals surface area contributed by atoms with Crippen LogP contribution in [0.4, 0.5) is 10.1 Å². The van der Waals surface area contributed by atoms with Crippen molar-refractivity contribution < 1.29 is 9.18 Å². The number of benzene rings is 1. The molecule has 108 valence electrons. The molecule has 1 amide bonds. The van der Waals surface area contributed by atoms with Crippen molar-refractivity contribution in [3.05, 3.63) is 36.7 Å². The van der Waals surface area contributed by atoms with Crippen LogP contribution in [0.3, 0.4) is 0 Å². The molecule has 1 aromatic carbocycles. The molecule has 3 N–H and O–H groups in total. The van der Waals surface area contributed by atoms with Crippen LogP contribution in [0.5, 0.6) is 0 Å². The van der Waals surface area contributed by atoms with E-state index in [1.807, 2.05) is 0 Å². The van der Waals surface area contributed by atoms with Gasteiger partial charge in [0.2, 0.25) is 5.91 Å². The highest BCUT2D eigenvalue weighted by Crippen LogP contribution is 2.17. The molecule has 0 bridgehead atoms. The van der Waals surface area contributed by atoms with Gasteiger partial charge in [-0.2, -0.15) is 5.10 Å². The van der Waals surface area contributed by atoms with E-state index in [1.165, 1.54) is 29.5 Å². The standard InChI is InChI=1S/C12H14FN5O.ClH/c13-10-6-9(17-12(19)2-1-5-14)3-4-11(10)18-8-15-7-16-18;/h3-4,6-8H,1-2,5,14H2,(H,17,19);1H. The highest BCUT2D eigenvalue weighted by atomic mass is 35.5. The highest BCUT2D eigenvalue weighted by Gasteiger charge is 2.08. The lowest BCUT2D eigenvalue weighted by Gasteiger charge is -2.07. The molecular formula is C12H15ClFN5O. The largest absolute Gasteiger partial charge is 0.330 e. The molecule has 0 aliphatic rings. The molecule has 0 fully saturated rings. The van der Waals surface area contributed by atoms with Crippen LogP contribution < -0.4 is 11.1 Å². The average Bonchev–Trinajstić information content (AvgIpc) is 2.90. The first-order valence-electron chi connectivity index (χ1n) is 5.85. The van der Waals surface area contributed by atoms with Crippen LogP contribution in [0.25, 0.3) is 5.69 Å². The predicted octanol–water partition coefficient (Wildman–Crippen LogP) is 1.51. The Kier molecular flexibility index (Phi) is 6.08. The van der Waals surface area contributed by atoms with Gasteiger partial charge < -0.3 is 11.1 Å². The van der Waals surface area contributed by atoms with Gasteiger partial charge in [0, 0.05) is 12.1 Å². The van der Waals surface area contributed by atoms with Crippen molar-refractivity contribution in [3.8, 4) is 5.69 Å². The fourth-order valence-corrected chi connectivity index (χ4v) is 1.59. The molecule has 0 radical (unpaired) electrons. The van der Waals surface area contributed by atoms with Crippen LogP contribution in [0.2, 0.25) is 0 Å². The fraction of sp³-hybridized carbons (Fsp3) is 0.250. The molecule has 0 aliphatic carbocycles. The number of aromatic nitrogens is 3. The number of hydrogen-bond donors (Lipinski definition) is 2. The Morgan fingerprint density at radius 2 is 2.25 bits per heavy atom. The molecule has 6 nitrogen and oxygen atoms in total. The zero-order valence-corrected chi connectivity index (χ0v) is 11.4.